The van der Waals surface area contributed by atoms with Crippen LogP contribution in [-0.4, -0.2) is 11.2 Å². The molecule has 0 N–H and O–H groups in total. The fourth-order valence-electron chi connectivity index (χ4n) is 5.97. The molecule has 0 bridgehead atoms. The SMILES string of the molecule is C=CCC=N/C=C\C/C=C/c1ccc(N(/C(C)=C/C=C(C)/C(C)=C/C=C2\Cc3ccccc3S2)c2ccc(-c3ccc4cnccc4c3)cc2)cc1. The second kappa shape index (κ2) is 18.0. The van der Waals surface area contributed by atoms with Crippen LogP contribution in [0.4, 0.5) is 11.4 Å². The van der Waals surface area contributed by atoms with Crippen molar-refractivity contribution in [2.24, 2.45) is 4.99 Å². The molecule has 1 aromatic heterocycles. The van der Waals surface area contributed by atoms with Crippen LogP contribution in [0.1, 0.15) is 44.7 Å². The molecule has 0 atom stereocenters. The van der Waals surface area contributed by atoms with Gasteiger partial charge in [0.1, 0.15) is 0 Å². The molecule has 1 aliphatic heterocycles. The van der Waals surface area contributed by atoms with Crippen LogP contribution in [0.15, 0.2) is 196 Å². The summed E-state index contributed by atoms with van der Waals surface area (Å²) in [7, 11) is 0. The minimum Gasteiger partial charge on any atom is -0.315 e. The molecule has 2 heterocycles. The summed E-state index contributed by atoms with van der Waals surface area (Å²) < 4.78 is 0. The normalized spacial score (nSPS) is 14.7. The summed E-state index contributed by atoms with van der Waals surface area (Å²) >= 11 is 1.88. The lowest BCUT2D eigenvalue weighted by Crippen LogP contribution is -2.14. The maximum Gasteiger partial charge on any atom is 0.0458 e. The van der Waals surface area contributed by atoms with E-state index in [2.05, 4.69) is 182 Å². The topological polar surface area (TPSA) is 28.5 Å². The Bertz CT molecular complexity index is 2200. The van der Waals surface area contributed by atoms with Gasteiger partial charge in [0.15, 0.2) is 0 Å². The van der Waals surface area contributed by atoms with Crippen LogP contribution in [0.25, 0.3) is 28.0 Å². The third-order valence-electron chi connectivity index (χ3n) is 9.05. The highest BCUT2D eigenvalue weighted by atomic mass is 32.2. The van der Waals surface area contributed by atoms with Gasteiger partial charge < -0.3 is 4.90 Å². The summed E-state index contributed by atoms with van der Waals surface area (Å²) in [5.74, 6) is 0. The summed E-state index contributed by atoms with van der Waals surface area (Å²) in [6, 6.07) is 34.9. The Kier molecular flexibility index (Phi) is 12.5. The number of hydrogen-bond acceptors (Lipinski definition) is 4. The van der Waals surface area contributed by atoms with Crippen molar-refractivity contribution >= 4 is 46.2 Å². The summed E-state index contributed by atoms with van der Waals surface area (Å²) in [5.41, 5.74) is 10.8. The number of benzene rings is 4. The Hall–Kier alpha value is -5.71. The number of hydrogen-bond donors (Lipinski definition) is 0. The van der Waals surface area contributed by atoms with E-state index in [1.165, 1.54) is 43.0 Å². The molecule has 0 fully saturated rings. The van der Waals surface area contributed by atoms with Crippen LogP contribution in [-0.2, 0) is 6.42 Å². The van der Waals surface area contributed by atoms with Crippen molar-refractivity contribution in [2.45, 2.75) is 44.9 Å². The molecule has 3 nitrogen and oxygen atoms in total. The first kappa shape index (κ1) is 36.1. The van der Waals surface area contributed by atoms with E-state index in [4.69, 9.17) is 0 Å². The van der Waals surface area contributed by atoms with Gasteiger partial charge in [0, 0.05) is 65.0 Å². The number of fused-ring (bicyclic) bond motifs is 2. The number of anilines is 2. The van der Waals surface area contributed by atoms with Gasteiger partial charge >= 0.3 is 0 Å². The maximum absolute atomic E-state index is 4.26. The van der Waals surface area contributed by atoms with Crippen molar-refractivity contribution in [3.8, 4) is 11.1 Å². The Morgan fingerprint density at radius 1 is 0.788 bits per heavy atom. The minimum absolute atomic E-state index is 0.783. The second-order valence-corrected chi connectivity index (χ2v) is 14.0. The van der Waals surface area contributed by atoms with Crippen LogP contribution >= 0.6 is 11.8 Å². The molecule has 1 aliphatic rings. The zero-order chi connectivity index (χ0) is 36.1. The first-order valence-corrected chi connectivity index (χ1v) is 18.6. The smallest absolute Gasteiger partial charge is 0.0458 e. The van der Waals surface area contributed by atoms with E-state index < -0.39 is 0 Å². The highest BCUT2D eigenvalue weighted by Crippen LogP contribution is 2.40. The lowest BCUT2D eigenvalue weighted by atomic mass is 10.0. The Morgan fingerprint density at radius 2 is 1.54 bits per heavy atom. The summed E-state index contributed by atoms with van der Waals surface area (Å²) in [6.07, 6.45) is 27.2. The molecular formula is C48H45N3S. The van der Waals surface area contributed by atoms with Crippen LogP contribution in [0.2, 0.25) is 0 Å². The highest BCUT2D eigenvalue weighted by molar-refractivity contribution is 8.03. The summed E-state index contributed by atoms with van der Waals surface area (Å²) in [5, 5.41) is 2.33. The predicted molar refractivity (Wildman–Crippen MR) is 227 cm³/mol. The monoisotopic (exact) mass is 695 g/mol. The molecule has 4 heteroatoms. The molecule has 258 valence electrons. The van der Waals surface area contributed by atoms with E-state index >= 15 is 0 Å². The number of rotatable bonds is 13. The molecule has 6 rings (SSSR count). The van der Waals surface area contributed by atoms with Crippen molar-refractivity contribution < 1.29 is 0 Å². The van der Waals surface area contributed by atoms with E-state index in [1.807, 2.05) is 42.6 Å². The molecule has 4 aromatic carbocycles. The molecule has 0 saturated heterocycles. The average Bonchev–Trinajstić information content (AvgIpc) is 3.61. The molecule has 0 unspecified atom stereocenters. The average molecular weight is 696 g/mol. The van der Waals surface area contributed by atoms with Crippen LogP contribution < -0.4 is 4.90 Å². The Labute approximate surface area is 313 Å². The fraction of sp³-hybridized carbons (Fsp3) is 0.125. The van der Waals surface area contributed by atoms with Crippen molar-refractivity contribution in [3.05, 3.63) is 198 Å². The van der Waals surface area contributed by atoms with Crippen LogP contribution in [0.3, 0.4) is 0 Å². The fourth-order valence-corrected chi connectivity index (χ4v) is 7.03. The number of nitrogens with zero attached hydrogens (tertiary/aromatic N) is 3. The van der Waals surface area contributed by atoms with E-state index in [1.54, 1.807) is 0 Å². The number of thioether (sulfide) groups is 1. The van der Waals surface area contributed by atoms with Crippen molar-refractivity contribution in [1.29, 1.82) is 0 Å². The summed E-state index contributed by atoms with van der Waals surface area (Å²) in [6.45, 7) is 10.3. The quantitative estimate of drug-likeness (QED) is 0.0697. The van der Waals surface area contributed by atoms with Gasteiger partial charge in [0.25, 0.3) is 0 Å². The highest BCUT2D eigenvalue weighted by Gasteiger charge is 2.15. The molecule has 52 heavy (non-hydrogen) atoms. The van der Waals surface area contributed by atoms with E-state index in [-0.39, 0.29) is 0 Å². The number of allylic oxidation sites excluding steroid dienone is 11. The first-order chi connectivity index (χ1) is 25.5. The lowest BCUT2D eigenvalue weighted by Gasteiger charge is -2.26. The third kappa shape index (κ3) is 9.54. The van der Waals surface area contributed by atoms with Gasteiger partial charge in [-0.25, -0.2) is 0 Å². The van der Waals surface area contributed by atoms with E-state index in [0.717, 1.165) is 47.3 Å². The van der Waals surface area contributed by atoms with Crippen molar-refractivity contribution in [1.82, 2.24) is 4.98 Å². The van der Waals surface area contributed by atoms with Crippen LogP contribution in [0, 0.1) is 0 Å². The van der Waals surface area contributed by atoms with Gasteiger partial charge in [0.05, 0.1) is 0 Å². The molecule has 0 radical (unpaired) electrons. The zero-order valence-electron chi connectivity index (χ0n) is 30.2. The molecule has 5 aromatic rings. The largest absolute Gasteiger partial charge is 0.315 e. The molecule has 0 spiro atoms. The molecule has 0 aliphatic carbocycles. The van der Waals surface area contributed by atoms with Crippen molar-refractivity contribution in [2.75, 3.05) is 4.90 Å². The van der Waals surface area contributed by atoms with Gasteiger partial charge in [-0.05, 0) is 119 Å². The number of aliphatic imine (C=N–C) groups is 1. The maximum atomic E-state index is 4.26. The summed E-state index contributed by atoms with van der Waals surface area (Å²) in [4.78, 5) is 13.6. The Balaban J connectivity index is 1.23. The number of aromatic nitrogens is 1. The standard InChI is InChI=1S/C48H45N3S/c1-5-6-30-49-31-11-7-8-12-39-18-24-45(25-19-39)51(46-26-22-40(23-27-46)41-20-21-44-35-50-32-29-42(44)33-41)38(4)17-15-36(2)37(3)16-28-47-34-43-13-9-10-14-48(43)52-47/h5,8-33,35H,1,6-7,34H2,2-4H3/b12-8+,31-11-,36-15+,37-16+,38-17+,47-28+,49-30?. The van der Waals surface area contributed by atoms with Crippen molar-refractivity contribution in [3.63, 3.8) is 0 Å². The minimum atomic E-state index is 0.783. The van der Waals surface area contributed by atoms with E-state index in [0.29, 0.717) is 0 Å². The Morgan fingerprint density at radius 3 is 2.33 bits per heavy atom. The number of pyridine rings is 1. The zero-order valence-corrected chi connectivity index (χ0v) is 31.1. The van der Waals surface area contributed by atoms with Gasteiger partial charge in [-0.15, -0.1) is 6.58 Å². The molecule has 0 saturated carbocycles. The third-order valence-corrected chi connectivity index (χ3v) is 10.2. The van der Waals surface area contributed by atoms with Gasteiger partial charge in [0.2, 0.25) is 0 Å². The van der Waals surface area contributed by atoms with E-state index in [9.17, 15) is 0 Å². The predicted octanol–water partition coefficient (Wildman–Crippen LogP) is 13.6. The van der Waals surface area contributed by atoms with Crippen LogP contribution in [0.5, 0.6) is 0 Å². The van der Waals surface area contributed by atoms with Gasteiger partial charge in [-0.3, -0.25) is 9.98 Å². The first-order valence-electron chi connectivity index (χ1n) is 17.8. The molecular weight excluding hydrogens is 651 g/mol. The second-order valence-electron chi connectivity index (χ2n) is 12.8. The van der Waals surface area contributed by atoms with Gasteiger partial charge in [-0.1, -0.05) is 109 Å². The molecule has 0 amide bonds. The van der Waals surface area contributed by atoms with Gasteiger partial charge in [-0.2, -0.15) is 0 Å². The lowest BCUT2D eigenvalue weighted by molar-refractivity contribution is 1.15.